The van der Waals surface area contributed by atoms with Gasteiger partial charge in [0.15, 0.2) is 12.6 Å². The molecule has 4 nitrogen and oxygen atoms in total. The Morgan fingerprint density at radius 1 is 0.944 bits per heavy atom. The van der Waals surface area contributed by atoms with Gasteiger partial charge in [0.1, 0.15) is 0 Å². The van der Waals surface area contributed by atoms with Crippen LogP contribution in [0.15, 0.2) is 0 Å². The van der Waals surface area contributed by atoms with Crippen molar-refractivity contribution in [1.82, 2.24) is 0 Å². The van der Waals surface area contributed by atoms with Gasteiger partial charge in [0, 0.05) is 25.0 Å². The predicted octanol–water partition coefficient (Wildman–Crippen LogP) is 2.53. The molecule has 2 N–H and O–H groups in total. The number of aliphatic hydroxyl groups is 2. The minimum Gasteiger partial charge on any atom is -0.368 e. The summed E-state index contributed by atoms with van der Waals surface area (Å²) < 4.78 is 10.4. The maximum Gasteiger partial charge on any atom is 0.159 e. The van der Waals surface area contributed by atoms with E-state index in [9.17, 15) is 10.2 Å². The maximum atomic E-state index is 9.96. The van der Waals surface area contributed by atoms with Gasteiger partial charge in [-0.3, -0.25) is 0 Å². The molecule has 0 aliphatic rings. The van der Waals surface area contributed by atoms with E-state index in [4.69, 9.17) is 9.47 Å². The number of rotatable bonds is 9. The van der Waals surface area contributed by atoms with Gasteiger partial charge in [-0.25, -0.2) is 0 Å². The quantitative estimate of drug-likeness (QED) is 0.627. The molecule has 0 amide bonds. The summed E-state index contributed by atoms with van der Waals surface area (Å²) in [6.07, 6.45) is -0.245. The molecule has 0 aliphatic heterocycles. The van der Waals surface area contributed by atoms with Crippen LogP contribution in [0.25, 0.3) is 0 Å². The van der Waals surface area contributed by atoms with Crippen LogP contribution < -0.4 is 0 Å². The van der Waals surface area contributed by atoms with Gasteiger partial charge < -0.3 is 19.7 Å². The van der Waals surface area contributed by atoms with Gasteiger partial charge in [-0.15, -0.1) is 0 Å². The van der Waals surface area contributed by atoms with Crippen molar-refractivity contribution in [2.24, 2.45) is 10.8 Å². The highest BCUT2D eigenvalue weighted by Crippen LogP contribution is 2.39. The van der Waals surface area contributed by atoms with E-state index in [1.165, 1.54) is 0 Å². The van der Waals surface area contributed by atoms with E-state index in [0.717, 1.165) is 6.42 Å². The Kier molecular flexibility index (Phi) is 7.37. The molecule has 0 rings (SSSR count). The second kappa shape index (κ2) is 7.43. The molecule has 0 fully saturated rings. The third kappa shape index (κ3) is 6.69. The molecule has 4 heteroatoms. The zero-order chi connectivity index (χ0) is 14.4. The molecule has 0 aromatic heterocycles. The first-order chi connectivity index (χ1) is 8.14. The lowest BCUT2D eigenvalue weighted by atomic mass is 9.73. The van der Waals surface area contributed by atoms with Crippen LogP contribution in [0.3, 0.4) is 0 Å². The number of aliphatic hydroxyl groups excluding tert-OH is 2. The molecule has 0 spiro atoms. The molecule has 2 atom stereocenters. The Labute approximate surface area is 111 Å². The van der Waals surface area contributed by atoms with Gasteiger partial charge >= 0.3 is 0 Å². The molecule has 110 valence electrons. The smallest absolute Gasteiger partial charge is 0.159 e. The Bertz CT molecular complexity index is 226. The highest BCUT2D eigenvalue weighted by atomic mass is 16.6. The molecular weight excluding hydrogens is 232 g/mol. The van der Waals surface area contributed by atoms with Crippen LogP contribution in [0.5, 0.6) is 0 Å². The van der Waals surface area contributed by atoms with Crippen molar-refractivity contribution in [1.29, 1.82) is 0 Å². The largest absolute Gasteiger partial charge is 0.368 e. The van der Waals surface area contributed by atoms with E-state index >= 15 is 0 Å². The predicted molar refractivity (Wildman–Crippen MR) is 72.1 cm³/mol. The van der Waals surface area contributed by atoms with Gasteiger partial charge in [-0.1, -0.05) is 27.7 Å². The van der Waals surface area contributed by atoms with Crippen LogP contribution in [0, 0.1) is 10.8 Å². The number of hydrogen-bond acceptors (Lipinski definition) is 4. The van der Waals surface area contributed by atoms with Gasteiger partial charge in [0.2, 0.25) is 0 Å². The van der Waals surface area contributed by atoms with Crippen molar-refractivity contribution in [3.63, 3.8) is 0 Å². The summed E-state index contributed by atoms with van der Waals surface area (Å²) in [6, 6.07) is 0. The standard InChI is InChI=1S/C14H30O4/c1-7-17-11(15)9-13(3,4)10-14(5,6)12(16)18-8-2/h11-12,15-16H,7-10H2,1-6H3/t11-,12?/m1/s1. The van der Waals surface area contributed by atoms with Crippen molar-refractivity contribution < 1.29 is 19.7 Å². The van der Waals surface area contributed by atoms with Crippen molar-refractivity contribution in [3.05, 3.63) is 0 Å². The fraction of sp³-hybridized carbons (Fsp3) is 1.00. The fourth-order valence-corrected chi connectivity index (χ4v) is 2.50. The SMILES string of the molecule is CCOC(O)C(C)(C)CC(C)(C)C[C@H](O)OCC. The molecule has 0 saturated heterocycles. The van der Waals surface area contributed by atoms with E-state index in [0.29, 0.717) is 19.6 Å². The molecule has 0 aromatic carbocycles. The second-order valence-electron chi connectivity index (χ2n) is 6.25. The van der Waals surface area contributed by atoms with E-state index in [2.05, 4.69) is 13.8 Å². The minimum atomic E-state index is -0.786. The average Bonchev–Trinajstić information content (AvgIpc) is 2.15. The normalized spacial score (nSPS) is 16.7. The molecular formula is C14H30O4. The number of hydrogen-bond donors (Lipinski definition) is 2. The third-order valence-electron chi connectivity index (χ3n) is 3.01. The molecule has 0 heterocycles. The number of ether oxygens (including phenoxy) is 2. The van der Waals surface area contributed by atoms with Gasteiger partial charge in [-0.05, 0) is 25.7 Å². The summed E-state index contributed by atoms with van der Waals surface area (Å²) >= 11 is 0. The van der Waals surface area contributed by atoms with E-state index in [1.54, 1.807) is 0 Å². The third-order valence-corrected chi connectivity index (χ3v) is 3.01. The van der Waals surface area contributed by atoms with Crippen LogP contribution in [-0.2, 0) is 9.47 Å². The summed E-state index contributed by atoms with van der Waals surface area (Å²) in [6.45, 7) is 12.8. The first kappa shape index (κ1) is 17.8. The Hall–Kier alpha value is -0.160. The lowest BCUT2D eigenvalue weighted by Crippen LogP contribution is -2.37. The molecule has 1 unspecified atom stereocenters. The molecule has 0 aliphatic carbocycles. The van der Waals surface area contributed by atoms with Crippen LogP contribution in [0.2, 0.25) is 0 Å². The van der Waals surface area contributed by atoms with Gasteiger partial charge in [0.05, 0.1) is 0 Å². The van der Waals surface area contributed by atoms with Gasteiger partial charge in [-0.2, -0.15) is 0 Å². The molecule has 0 bridgehead atoms. The van der Waals surface area contributed by atoms with E-state index < -0.39 is 12.6 Å². The molecule has 0 radical (unpaired) electrons. The molecule has 0 aromatic rings. The lowest BCUT2D eigenvalue weighted by molar-refractivity contribution is -0.177. The average molecular weight is 262 g/mol. The highest BCUT2D eigenvalue weighted by molar-refractivity contribution is 4.82. The summed E-state index contributed by atoms with van der Waals surface area (Å²) in [7, 11) is 0. The topological polar surface area (TPSA) is 58.9 Å². The van der Waals surface area contributed by atoms with Crippen LogP contribution >= 0.6 is 0 Å². The van der Waals surface area contributed by atoms with Gasteiger partial charge in [0.25, 0.3) is 0 Å². The second-order valence-corrected chi connectivity index (χ2v) is 6.25. The van der Waals surface area contributed by atoms with Crippen LogP contribution in [0.4, 0.5) is 0 Å². The minimum absolute atomic E-state index is 0.129. The van der Waals surface area contributed by atoms with E-state index in [-0.39, 0.29) is 10.8 Å². The van der Waals surface area contributed by atoms with Crippen LogP contribution in [-0.4, -0.2) is 36.0 Å². The summed E-state index contributed by atoms with van der Waals surface area (Å²) in [5.41, 5.74) is -0.485. The summed E-state index contributed by atoms with van der Waals surface area (Å²) in [5, 5.41) is 19.7. The monoisotopic (exact) mass is 262 g/mol. The zero-order valence-corrected chi connectivity index (χ0v) is 12.7. The first-order valence-corrected chi connectivity index (χ1v) is 6.74. The molecule has 0 saturated carbocycles. The highest BCUT2D eigenvalue weighted by Gasteiger charge is 2.36. The Morgan fingerprint density at radius 3 is 1.89 bits per heavy atom. The lowest BCUT2D eigenvalue weighted by Gasteiger charge is -2.38. The summed E-state index contributed by atoms with van der Waals surface area (Å²) in [5.74, 6) is 0. The van der Waals surface area contributed by atoms with Crippen molar-refractivity contribution in [3.8, 4) is 0 Å². The Balaban J connectivity index is 4.44. The Morgan fingerprint density at radius 2 is 1.44 bits per heavy atom. The maximum absolute atomic E-state index is 9.96. The summed E-state index contributed by atoms with van der Waals surface area (Å²) in [4.78, 5) is 0. The van der Waals surface area contributed by atoms with Crippen LogP contribution in [0.1, 0.15) is 54.4 Å². The zero-order valence-electron chi connectivity index (χ0n) is 12.7. The first-order valence-electron chi connectivity index (χ1n) is 6.74. The molecule has 18 heavy (non-hydrogen) atoms. The van der Waals surface area contributed by atoms with E-state index in [1.807, 2.05) is 27.7 Å². The van der Waals surface area contributed by atoms with Crippen molar-refractivity contribution >= 4 is 0 Å². The van der Waals surface area contributed by atoms with Crippen molar-refractivity contribution in [2.75, 3.05) is 13.2 Å². The fourth-order valence-electron chi connectivity index (χ4n) is 2.50. The van der Waals surface area contributed by atoms with Crippen molar-refractivity contribution in [2.45, 2.75) is 67.0 Å².